The Bertz CT molecular complexity index is 718. The average Bonchev–Trinajstić information content (AvgIpc) is 2.47. The number of anilines is 1. The first-order chi connectivity index (χ1) is 10.5. The van der Waals surface area contributed by atoms with Crippen LogP contribution in [-0.2, 0) is 4.79 Å². The van der Waals surface area contributed by atoms with Gasteiger partial charge in [0.2, 0.25) is 0 Å². The van der Waals surface area contributed by atoms with Crippen molar-refractivity contribution in [2.24, 2.45) is 0 Å². The van der Waals surface area contributed by atoms with Gasteiger partial charge >= 0.3 is 0 Å². The van der Waals surface area contributed by atoms with Crippen LogP contribution in [-0.4, -0.2) is 17.4 Å². The van der Waals surface area contributed by atoms with Crippen LogP contribution in [0.1, 0.15) is 5.56 Å². The van der Waals surface area contributed by atoms with Crippen LogP contribution in [0.15, 0.2) is 46.9 Å². The Hall–Kier alpha value is -2.41. The third-order valence-electron chi connectivity index (χ3n) is 2.86. The van der Waals surface area contributed by atoms with E-state index in [4.69, 9.17) is 4.74 Å². The van der Waals surface area contributed by atoms with Gasteiger partial charge in [0.25, 0.3) is 11.6 Å². The van der Waals surface area contributed by atoms with Gasteiger partial charge in [0.15, 0.2) is 6.61 Å². The van der Waals surface area contributed by atoms with Crippen molar-refractivity contribution in [3.8, 4) is 5.75 Å². The molecular weight excluding hydrogens is 352 g/mol. The summed E-state index contributed by atoms with van der Waals surface area (Å²) in [5.74, 6) is 0.164. The lowest BCUT2D eigenvalue weighted by molar-refractivity contribution is -0.385. The summed E-state index contributed by atoms with van der Waals surface area (Å²) >= 11 is 3.31. The number of nitro groups is 1. The lowest BCUT2D eigenvalue weighted by atomic mass is 10.2. The minimum atomic E-state index is -0.483. The van der Waals surface area contributed by atoms with Crippen LogP contribution < -0.4 is 10.1 Å². The molecule has 0 saturated carbocycles. The first-order valence-corrected chi connectivity index (χ1v) is 7.18. The van der Waals surface area contributed by atoms with Gasteiger partial charge in [-0.15, -0.1) is 0 Å². The SMILES string of the molecule is Cc1ccc(NC(=O)COc2cccc(Br)c2)cc1[N+](=O)[O-]. The normalized spacial score (nSPS) is 10.1. The minimum absolute atomic E-state index is 0.0364. The molecule has 2 aromatic carbocycles. The number of hydrogen-bond donors (Lipinski definition) is 1. The Labute approximate surface area is 135 Å². The van der Waals surface area contributed by atoms with Gasteiger partial charge in [0, 0.05) is 21.8 Å². The van der Waals surface area contributed by atoms with Crippen molar-refractivity contribution in [3.05, 3.63) is 62.6 Å². The molecule has 22 heavy (non-hydrogen) atoms. The van der Waals surface area contributed by atoms with Crippen LogP contribution in [0.3, 0.4) is 0 Å². The topological polar surface area (TPSA) is 81.5 Å². The number of nitro benzene ring substituents is 1. The predicted octanol–water partition coefficient (Wildman–Crippen LogP) is 3.68. The van der Waals surface area contributed by atoms with E-state index in [1.807, 2.05) is 6.07 Å². The largest absolute Gasteiger partial charge is 0.484 e. The van der Waals surface area contributed by atoms with Gasteiger partial charge in [-0.3, -0.25) is 14.9 Å². The Kier molecular flexibility index (Phi) is 5.11. The van der Waals surface area contributed by atoms with Crippen LogP contribution in [0.5, 0.6) is 5.75 Å². The zero-order valence-corrected chi connectivity index (χ0v) is 13.3. The van der Waals surface area contributed by atoms with E-state index in [1.54, 1.807) is 37.3 Å². The molecule has 6 nitrogen and oxygen atoms in total. The number of carbonyl (C=O) groups excluding carboxylic acids is 1. The fraction of sp³-hybridized carbons (Fsp3) is 0.133. The highest BCUT2D eigenvalue weighted by Crippen LogP contribution is 2.22. The Morgan fingerprint density at radius 3 is 2.77 bits per heavy atom. The van der Waals surface area contributed by atoms with Crippen molar-refractivity contribution >= 4 is 33.2 Å². The zero-order chi connectivity index (χ0) is 16.1. The Morgan fingerprint density at radius 2 is 2.09 bits per heavy atom. The van der Waals surface area contributed by atoms with Crippen LogP contribution in [0.25, 0.3) is 0 Å². The summed E-state index contributed by atoms with van der Waals surface area (Å²) < 4.78 is 6.19. The summed E-state index contributed by atoms with van der Waals surface area (Å²) in [6.07, 6.45) is 0. The second kappa shape index (κ2) is 7.04. The fourth-order valence-electron chi connectivity index (χ4n) is 1.79. The van der Waals surface area contributed by atoms with Crippen LogP contribution in [0, 0.1) is 17.0 Å². The maximum atomic E-state index is 11.8. The molecule has 0 bridgehead atoms. The molecular formula is C15H13BrN2O4. The average molecular weight is 365 g/mol. The molecule has 0 atom stereocenters. The number of halogens is 1. The third kappa shape index (κ3) is 4.29. The maximum Gasteiger partial charge on any atom is 0.274 e. The second-order valence-electron chi connectivity index (χ2n) is 4.55. The van der Waals surface area contributed by atoms with Crippen molar-refractivity contribution in [1.29, 1.82) is 0 Å². The third-order valence-corrected chi connectivity index (χ3v) is 3.35. The van der Waals surface area contributed by atoms with E-state index >= 15 is 0 Å². The fourth-order valence-corrected chi connectivity index (χ4v) is 2.16. The van der Waals surface area contributed by atoms with Crippen molar-refractivity contribution in [3.63, 3.8) is 0 Å². The number of nitrogens with zero attached hydrogens (tertiary/aromatic N) is 1. The van der Waals surface area contributed by atoms with Crippen molar-refractivity contribution in [1.82, 2.24) is 0 Å². The molecule has 2 rings (SSSR count). The quantitative estimate of drug-likeness (QED) is 0.647. The van der Waals surface area contributed by atoms with Gasteiger partial charge in [-0.05, 0) is 31.2 Å². The van der Waals surface area contributed by atoms with E-state index in [1.165, 1.54) is 6.07 Å². The molecule has 2 aromatic rings. The van der Waals surface area contributed by atoms with Crippen LogP contribution in [0.2, 0.25) is 0 Å². The summed E-state index contributed by atoms with van der Waals surface area (Å²) in [6, 6.07) is 11.6. The summed E-state index contributed by atoms with van der Waals surface area (Å²) in [5, 5.41) is 13.4. The summed E-state index contributed by atoms with van der Waals surface area (Å²) in [5.41, 5.74) is 0.860. The molecule has 0 heterocycles. The van der Waals surface area contributed by atoms with Gasteiger partial charge in [-0.2, -0.15) is 0 Å². The van der Waals surface area contributed by atoms with Crippen molar-refractivity contribution < 1.29 is 14.5 Å². The van der Waals surface area contributed by atoms with E-state index in [2.05, 4.69) is 21.2 Å². The number of benzene rings is 2. The number of amides is 1. The monoisotopic (exact) mass is 364 g/mol. The van der Waals surface area contributed by atoms with Gasteiger partial charge in [0.1, 0.15) is 5.75 Å². The van der Waals surface area contributed by atoms with Crippen molar-refractivity contribution in [2.75, 3.05) is 11.9 Å². The van der Waals surface area contributed by atoms with E-state index in [0.717, 1.165) is 4.47 Å². The lowest BCUT2D eigenvalue weighted by Crippen LogP contribution is -2.20. The highest BCUT2D eigenvalue weighted by atomic mass is 79.9. The van der Waals surface area contributed by atoms with E-state index in [0.29, 0.717) is 17.0 Å². The molecule has 7 heteroatoms. The van der Waals surface area contributed by atoms with E-state index < -0.39 is 10.8 Å². The number of rotatable bonds is 5. The number of carbonyl (C=O) groups is 1. The number of aryl methyl sites for hydroxylation is 1. The van der Waals surface area contributed by atoms with Gasteiger partial charge in [0.05, 0.1) is 4.92 Å². The molecule has 1 N–H and O–H groups in total. The van der Waals surface area contributed by atoms with Gasteiger partial charge in [-0.25, -0.2) is 0 Å². The van der Waals surface area contributed by atoms with E-state index in [-0.39, 0.29) is 12.3 Å². The first kappa shape index (κ1) is 16.0. The predicted molar refractivity (Wildman–Crippen MR) is 86.1 cm³/mol. The number of hydrogen-bond acceptors (Lipinski definition) is 4. The maximum absolute atomic E-state index is 11.8. The Morgan fingerprint density at radius 1 is 1.32 bits per heavy atom. The summed E-state index contributed by atoms with van der Waals surface area (Å²) in [4.78, 5) is 22.2. The molecule has 0 saturated heterocycles. The Balaban J connectivity index is 1.97. The number of ether oxygens (including phenoxy) is 1. The summed E-state index contributed by atoms with van der Waals surface area (Å²) in [6.45, 7) is 1.46. The smallest absolute Gasteiger partial charge is 0.274 e. The molecule has 0 aromatic heterocycles. The molecule has 0 aliphatic carbocycles. The molecule has 1 amide bonds. The van der Waals surface area contributed by atoms with Gasteiger partial charge < -0.3 is 10.1 Å². The van der Waals surface area contributed by atoms with Crippen molar-refractivity contribution in [2.45, 2.75) is 6.92 Å². The highest BCUT2D eigenvalue weighted by molar-refractivity contribution is 9.10. The highest BCUT2D eigenvalue weighted by Gasteiger charge is 2.12. The summed E-state index contributed by atoms with van der Waals surface area (Å²) in [7, 11) is 0. The second-order valence-corrected chi connectivity index (χ2v) is 5.47. The number of nitrogens with one attached hydrogen (secondary N) is 1. The zero-order valence-electron chi connectivity index (χ0n) is 11.7. The molecule has 0 aliphatic heterocycles. The first-order valence-electron chi connectivity index (χ1n) is 6.39. The standard InChI is InChI=1S/C15H13BrN2O4/c1-10-5-6-12(8-14(10)18(20)21)17-15(19)9-22-13-4-2-3-11(16)7-13/h2-8H,9H2,1H3,(H,17,19). The molecule has 114 valence electrons. The molecule has 0 radical (unpaired) electrons. The molecule has 0 spiro atoms. The van der Waals surface area contributed by atoms with Crippen LogP contribution in [0.4, 0.5) is 11.4 Å². The van der Waals surface area contributed by atoms with Crippen LogP contribution >= 0.6 is 15.9 Å². The lowest BCUT2D eigenvalue weighted by Gasteiger charge is -2.08. The van der Waals surface area contributed by atoms with E-state index in [9.17, 15) is 14.9 Å². The molecule has 0 fully saturated rings. The molecule has 0 unspecified atom stereocenters. The minimum Gasteiger partial charge on any atom is -0.484 e. The molecule has 0 aliphatic rings. The van der Waals surface area contributed by atoms with Gasteiger partial charge in [-0.1, -0.05) is 28.1 Å².